The van der Waals surface area contributed by atoms with Crippen molar-refractivity contribution in [3.05, 3.63) is 46.4 Å². The van der Waals surface area contributed by atoms with E-state index in [1.807, 2.05) is 0 Å². The predicted molar refractivity (Wildman–Crippen MR) is 110 cm³/mol. The quantitative estimate of drug-likeness (QED) is 0.646. The van der Waals surface area contributed by atoms with Gasteiger partial charge in [-0.2, -0.15) is 0 Å². The maximum absolute atomic E-state index is 12.4. The molecule has 168 valence electrons. The van der Waals surface area contributed by atoms with Gasteiger partial charge in [-0.1, -0.05) is 6.07 Å². The normalized spacial score (nSPS) is 16.4. The highest BCUT2D eigenvalue weighted by Gasteiger charge is 2.28. The third-order valence-corrected chi connectivity index (χ3v) is 4.88. The molecule has 1 saturated heterocycles. The summed E-state index contributed by atoms with van der Waals surface area (Å²) in [7, 11) is 1.64. The second kappa shape index (κ2) is 9.52. The number of anilines is 2. The fourth-order valence-corrected chi connectivity index (χ4v) is 3.36. The molecule has 0 spiro atoms. The third-order valence-electron chi connectivity index (χ3n) is 4.88. The lowest BCUT2D eigenvalue weighted by molar-refractivity contribution is -0.322. The van der Waals surface area contributed by atoms with Gasteiger partial charge in [-0.15, -0.1) is 13.2 Å². The summed E-state index contributed by atoms with van der Waals surface area (Å²) in [5.74, 6) is -0.308. The molecular formula is C21H24F3N3O4. The van der Waals surface area contributed by atoms with Crippen molar-refractivity contribution in [1.29, 1.82) is 0 Å². The maximum atomic E-state index is 12.4. The Labute approximate surface area is 177 Å². The number of carbonyl (C=O) groups excluding carboxylic acids is 1. The maximum Gasteiger partial charge on any atom is 0.522 e. The summed E-state index contributed by atoms with van der Waals surface area (Å²) >= 11 is 0. The van der Waals surface area contributed by atoms with Crippen LogP contribution in [0.15, 0.2) is 35.3 Å². The molecule has 1 amide bonds. The summed E-state index contributed by atoms with van der Waals surface area (Å²) in [5.41, 5.74) is 2.77. The molecule has 1 aromatic carbocycles. The summed E-state index contributed by atoms with van der Waals surface area (Å²) < 4.78 is 47.4. The van der Waals surface area contributed by atoms with Gasteiger partial charge in [0.05, 0.1) is 18.0 Å². The molecule has 0 aliphatic carbocycles. The number of hydrogen-bond donors (Lipinski definition) is 2. The Hall–Kier alpha value is -2.85. The SMILES string of the molecule is Cc1cc(-c2ccc(NC(=O)[C@H]3CCCO3)c(NCCOC(F)(F)F)c2)cn(C)c1=O. The van der Waals surface area contributed by atoms with Gasteiger partial charge in [0, 0.05) is 32.0 Å². The number of nitrogens with zero attached hydrogens (tertiary/aromatic N) is 1. The number of rotatable bonds is 7. The number of carbonyl (C=O) groups is 1. The molecule has 1 aliphatic heterocycles. The van der Waals surface area contributed by atoms with Crippen LogP contribution in [0.2, 0.25) is 0 Å². The number of halogens is 3. The predicted octanol–water partition coefficient (Wildman–Crippen LogP) is 3.43. The molecule has 1 aliphatic rings. The summed E-state index contributed by atoms with van der Waals surface area (Å²) in [5, 5.41) is 5.66. The number of benzene rings is 1. The van der Waals surface area contributed by atoms with E-state index in [1.54, 1.807) is 44.4 Å². The fourth-order valence-electron chi connectivity index (χ4n) is 3.36. The first kappa shape index (κ1) is 22.8. The number of aryl methyl sites for hydroxylation is 2. The van der Waals surface area contributed by atoms with Gasteiger partial charge < -0.3 is 19.9 Å². The van der Waals surface area contributed by atoms with Crippen LogP contribution in [0, 0.1) is 6.92 Å². The molecule has 0 bridgehead atoms. The monoisotopic (exact) mass is 439 g/mol. The van der Waals surface area contributed by atoms with Gasteiger partial charge in [0.15, 0.2) is 0 Å². The summed E-state index contributed by atoms with van der Waals surface area (Å²) in [6.07, 6.45) is -2.18. The summed E-state index contributed by atoms with van der Waals surface area (Å²) in [4.78, 5) is 24.4. The molecule has 0 radical (unpaired) electrons. The summed E-state index contributed by atoms with van der Waals surface area (Å²) in [6.45, 7) is 1.50. The van der Waals surface area contributed by atoms with Crippen LogP contribution >= 0.6 is 0 Å². The lowest BCUT2D eigenvalue weighted by Gasteiger charge is -2.17. The van der Waals surface area contributed by atoms with E-state index in [1.165, 1.54) is 4.57 Å². The Morgan fingerprint density at radius 2 is 2.03 bits per heavy atom. The summed E-state index contributed by atoms with van der Waals surface area (Å²) in [6, 6.07) is 6.87. The van der Waals surface area contributed by atoms with Gasteiger partial charge in [-0.05, 0) is 49.1 Å². The first-order valence-electron chi connectivity index (χ1n) is 9.83. The van der Waals surface area contributed by atoms with Crippen molar-refractivity contribution in [3.8, 4) is 11.1 Å². The smallest absolute Gasteiger partial charge is 0.381 e. The molecule has 31 heavy (non-hydrogen) atoms. The van der Waals surface area contributed by atoms with Crippen LogP contribution in [0.5, 0.6) is 0 Å². The molecule has 1 aromatic heterocycles. The number of alkyl halides is 3. The second-order valence-electron chi connectivity index (χ2n) is 7.30. The van der Waals surface area contributed by atoms with Crippen LogP contribution in [-0.2, 0) is 21.3 Å². The fraction of sp³-hybridized carbons (Fsp3) is 0.429. The molecule has 10 heteroatoms. The molecule has 0 unspecified atom stereocenters. The van der Waals surface area contributed by atoms with Crippen LogP contribution < -0.4 is 16.2 Å². The van der Waals surface area contributed by atoms with E-state index in [9.17, 15) is 22.8 Å². The zero-order chi connectivity index (χ0) is 22.6. The first-order chi connectivity index (χ1) is 14.6. The number of pyridine rings is 1. The van der Waals surface area contributed by atoms with Crippen molar-refractivity contribution in [2.75, 3.05) is 30.4 Å². The van der Waals surface area contributed by atoms with Crippen molar-refractivity contribution in [1.82, 2.24) is 4.57 Å². The van der Waals surface area contributed by atoms with E-state index < -0.39 is 19.1 Å². The van der Waals surface area contributed by atoms with Crippen molar-refractivity contribution in [3.63, 3.8) is 0 Å². The minimum Gasteiger partial charge on any atom is -0.381 e. The Bertz CT molecular complexity index is 972. The van der Waals surface area contributed by atoms with Gasteiger partial charge in [-0.25, -0.2) is 0 Å². The lowest BCUT2D eigenvalue weighted by atomic mass is 10.0. The van der Waals surface area contributed by atoms with Gasteiger partial charge in [-0.3, -0.25) is 14.3 Å². The van der Waals surface area contributed by atoms with Crippen molar-refractivity contribution < 1.29 is 27.4 Å². The van der Waals surface area contributed by atoms with Crippen LogP contribution in [-0.4, -0.2) is 42.7 Å². The standard InChI is InChI=1S/C21H24F3N3O4/c1-13-10-15(12-27(2)20(13)29)14-5-6-16(26-19(28)18-4-3-8-30-18)17(11-14)25-7-9-31-21(22,23)24/h5-6,10-12,18,25H,3-4,7-9H2,1-2H3,(H,26,28)/t18-/m1/s1. The zero-order valence-corrected chi connectivity index (χ0v) is 17.2. The second-order valence-corrected chi connectivity index (χ2v) is 7.30. The van der Waals surface area contributed by atoms with E-state index >= 15 is 0 Å². The molecule has 2 heterocycles. The molecule has 2 aromatic rings. The third kappa shape index (κ3) is 6.08. The van der Waals surface area contributed by atoms with Crippen LogP contribution in [0.3, 0.4) is 0 Å². The average Bonchev–Trinajstić information content (AvgIpc) is 3.24. The van der Waals surface area contributed by atoms with Gasteiger partial charge in [0.1, 0.15) is 6.10 Å². The van der Waals surface area contributed by atoms with E-state index in [2.05, 4.69) is 15.4 Å². The number of hydrogen-bond acceptors (Lipinski definition) is 5. The highest BCUT2D eigenvalue weighted by molar-refractivity contribution is 5.97. The minimum atomic E-state index is -4.72. The van der Waals surface area contributed by atoms with E-state index in [0.717, 1.165) is 17.5 Å². The number of aromatic nitrogens is 1. The highest BCUT2D eigenvalue weighted by Crippen LogP contribution is 2.30. The van der Waals surface area contributed by atoms with Crippen molar-refractivity contribution in [2.45, 2.75) is 32.2 Å². The number of ether oxygens (including phenoxy) is 2. The van der Waals surface area contributed by atoms with Crippen LogP contribution in [0.1, 0.15) is 18.4 Å². The Morgan fingerprint density at radius 3 is 2.68 bits per heavy atom. The topological polar surface area (TPSA) is 81.6 Å². The highest BCUT2D eigenvalue weighted by atomic mass is 19.4. The molecule has 1 fully saturated rings. The largest absolute Gasteiger partial charge is 0.522 e. The molecular weight excluding hydrogens is 415 g/mol. The van der Waals surface area contributed by atoms with Crippen LogP contribution in [0.4, 0.5) is 24.5 Å². The molecule has 0 saturated carbocycles. The number of amides is 1. The van der Waals surface area contributed by atoms with Gasteiger partial charge >= 0.3 is 6.36 Å². The van der Waals surface area contributed by atoms with Gasteiger partial charge in [0.2, 0.25) is 0 Å². The average molecular weight is 439 g/mol. The van der Waals surface area contributed by atoms with Crippen molar-refractivity contribution in [2.24, 2.45) is 7.05 Å². The Morgan fingerprint density at radius 1 is 1.26 bits per heavy atom. The zero-order valence-electron chi connectivity index (χ0n) is 17.2. The van der Waals surface area contributed by atoms with Crippen LogP contribution in [0.25, 0.3) is 11.1 Å². The van der Waals surface area contributed by atoms with E-state index in [0.29, 0.717) is 30.0 Å². The molecule has 7 nitrogen and oxygen atoms in total. The number of nitrogens with one attached hydrogen (secondary N) is 2. The van der Waals surface area contributed by atoms with E-state index in [4.69, 9.17) is 4.74 Å². The molecule has 3 rings (SSSR count). The Kier molecular flexibility index (Phi) is 7.01. The van der Waals surface area contributed by atoms with Crippen molar-refractivity contribution >= 4 is 17.3 Å². The Balaban J connectivity index is 1.85. The molecule has 1 atom stereocenters. The van der Waals surface area contributed by atoms with Gasteiger partial charge in [0.25, 0.3) is 11.5 Å². The lowest BCUT2D eigenvalue weighted by Crippen LogP contribution is -2.27. The molecule has 2 N–H and O–H groups in total. The van der Waals surface area contributed by atoms with E-state index in [-0.39, 0.29) is 18.0 Å². The minimum absolute atomic E-state index is 0.119. The first-order valence-corrected chi connectivity index (χ1v) is 9.83.